The Hall–Kier alpha value is -2.74. The van der Waals surface area contributed by atoms with Crippen LogP contribution in [-0.2, 0) is 11.1 Å². The monoisotopic (exact) mass is 368 g/mol. The highest BCUT2D eigenvalue weighted by Crippen LogP contribution is 2.40. The van der Waals surface area contributed by atoms with E-state index in [1.165, 1.54) is 43.6 Å². The van der Waals surface area contributed by atoms with Gasteiger partial charge in [-0.1, -0.05) is 36.4 Å². The molecule has 2 heterocycles. The Morgan fingerprint density at radius 1 is 0.464 bits per heavy atom. The third-order valence-corrected chi connectivity index (χ3v) is 5.81. The quantitative estimate of drug-likeness (QED) is 0.269. The second-order valence-electron chi connectivity index (χ2n) is 9.93. The molecule has 0 fully saturated rings. The van der Waals surface area contributed by atoms with Crippen LogP contribution in [0.2, 0.25) is 0 Å². The Kier molecular flexibility index (Phi) is 3.35. The van der Waals surface area contributed by atoms with E-state index in [1.807, 2.05) is 0 Å². The lowest BCUT2D eigenvalue weighted by Crippen LogP contribution is -2.21. The Labute approximate surface area is 166 Å². The van der Waals surface area contributed by atoms with Gasteiger partial charge in [0.15, 0.2) is 0 Å². The number of hydrogen-bond acceptors (Lipinski definition) is 0. The Morgan fingerprint density at radius 3 is 1.18 bits per heavy atom. The first-order chi connectivity index (χ1) is 13.2. The number of para-hydroxylation sites is 2. The SMILES string of the molecule is CC(C)(C)n1c2ccccc2c2cc3c(cc21)c1ccccc1n3C(C)(C)C. The van der Waals surface area contributed by atoms with Crippen molar-refractivity contribution in [1.82, 2.24) is 9.13 Å². The van der Waals surface area contributed by atoms with Crippen molar-refractivity contribution in [3.63, 3.8) is 0 Å². The molecule has 0 saturated carbocycles. The highest BCUT2D eigenvalue weighted by Gasteiger charge is 2.24. The van der Waals surface area contributed by atoms with Gasteiger partial charge in [0.1, 0.15) is 0 Å². The number of aromatic nitrogens is 2. The zero-order chi connectivity index (χ0) is 19.8. The van der Waals surface area contributed by atoms with Crippen LogP contribution in [0.4, 0.5) is 0 Å². The third kappa shape index (κ3) is 2.27. The average molecular weight is 369 g/mol. The second-order valence-corrected chi connectivity index (χ2v) is 9.93. The molecule has 2 nitrogen and oxygen atoms in total. The van der Waals surface area contributed by atoms with E-state index in [0.717, 1.165) is 0 Å². The van der Waals surface area contributed by atoms with Crippen molar-refractivity contribution < 1.29 is 0 Å². The molecule has 0 aliphatic carbocycles. The second kappa shape index (κ2) is 5.41. The van der Waals surface area contributed by atoms with Crippen molar-refractivity contribution in [3.05, 3.63) is 60.7 Å². The van der Waals surface area contributed by atoms with Crippen molar-refractivity contribution in [2.75, 3.05) is 0 Å². The molecular formula is C26H28N2. The minimum absolute atomic E-state index is 0.0113. The van der Waals surface area contributed by atoms with Crippen molar-refractivity contribution >= 4 is 43.6 Å². The summed E-state index contributed by atoms with van der Waals surface area (Å²) in [7, 11) is 0. The van der Waals surface area contributed by atoms with Gasteiger partial charge in [-0.25, -0.2) is 0 Å². The molecule has 2 aromatic heterocycles. The van der Waals surface area contributed by atoms with Crippen LogP contribution in [0.1, 0.15) is 41.5 Å². The summed E-state index contributed by atoms with van der Waals surface area (Å²) < 4.78 is 5.00. The van der Waals surface area contributed by atoms with Crippen LogP contribution in [0.25, 0.3) is 43.6 Å². The van der Waals surface area contributed by atoms with E-state index in [2.05, 4.69) is 111 Å². The van der Waals surface area contributed by atoms with E-state index in [0.29, 0.717) is 0 Å². The van der Waals surface area contributed by atoms with Crippen LogP contribution in [0.5, 0.6) is 0 Å². The van der Waals surface area contributed by atoms with Gasteiger partial charge < -0.3 is 9.13 Å². The largest absolute Gasteiger partial charge is 0.335 e. The summed E-state index contributed by atoms with van der Waals surface area (Å²) in [6, 6.07) is 22.5. The molecule has 0 radical (unpaired) electrons. The van der Waals surface area contributed by atoms with Crippen LogP contribution in [0, 0.1) is 0 Å². The summed E-state index contributed by atoms with van der Waals surface area (Å²) in [5, 5.41) is 5.35. The van der Waals surface area contributed by atoms with Gasteiger partial charge in [0, 0.05) is 43.7 Å². The van der Waals surface area contributed by atoms with Gasteiger partial charge in [-0.05, 0) is 65.8 Å². The van der Waals surface area contributed by atoms with Gasteiger partial charge >= 0.3 is 0 Å². The summed E-state index contributed by atoms with van der Waals surface area (Å²) in [6.07, 6.45) is 0. The number of rotatable bonds is 0. The van der Waals surface area contributed by atoms with E-state index >= 15 is 0 Å². The molecule has 0 amide bonds. The van der Waals surface area contributed by atoms with Crippen LogP contribution in [-0.4, -0.2) is 9.13 Å². The maximum absolute atomic E-state index is 2.50. The predicted octanol–water partition coefficient (Wildman–Crippen LogP) is 7.41. The summed E-state index contributed by atoms with van der Waals surface area (Å²) >= 11 is 0. The van der Waals surface area contributed by atoms with Crippen LogP contribution in [0.3, 0.4) is 0 Å². The Morgan fingerprint density at radius 2 is 0.821 bits per heavy atom. The van der Waals surface area contributed by atoms with Crippen molar-refractivity contribution in [1.29, 1.82) is 0 Å². The fourth-order valence-corrected chi connectivity index (χ4v) is 4.88. The molecule has 0 spiro atoms. The topological polar surface area (TPSA) is 9.86 Å². The lowest BCUT2D eigenvalue weighted by Gasteiger charge is -2.25. The molecule has 28 heavy (non-hydrogen) atoms. The molecule has 3 aromatic carbocycles. The van der Waals surface area contributed by atoms with Crippen LogP contribution >= 0.6 is 0 Å². The standard InChI is InChI=1S/C26H28N2/c1-25(2,3)27-21-13-9-7-11-17(21)19-16-24-20(15-23(19)27)18-12-8-10-14-22(18)28(24)26(4,5)6/h7-16H,1-6H3. The molecule has 0 bridgehead atoms. The minimum Gasteiger partial charge on any atom is -0.335 e. The number of nitrogens with zero attached hydrogens (tertiary/aromatic N) is 2. The molecule has 2 heteroatoms. The molecule has 0 aliphatic heterocycles. The summed E-state index contributed by atoms with van der Waals surface area (Å²) in [4.78, 5) is 0. The first-order valence-corrected chi connectivity index (χ1v) is 10.2. The summed E-state index contributed by atoms with van der Waals surface area (Å²) in [5.74, 6) is 0. The molecule has 0 saturated heterocycles. The lowest BCUT2D eigenvalue weighted by molar-refractivity contribution is 0.422. The number of fused-ring (bicyclic) bond motifs is 6. The van der Waals surface area contributed by atoms with E-state index in [-0.39, 0.29) is 11.1 Å². The molecule has 0 unspecified atom stereocenters. The van der Waals surface area contributed by atoms with Crippen LogP contribution in [0.15, 0.2) is 60.7 Å². The smallest absolute Gasteiger partial charge is 0.0504 e. The van der Waals surface area contributed by atoms with E-state index in [1.54, 1.807) is 0 Å². The van der Waals surface area contributed by atoms with Crippen molar-refractivity contribution in [2.45, 2.75) is 52.6 Å². The predicted molar refractivity (Wildman–Crippen MR) is 122 cm³/mol. The van der Waals surface area contributed by atoms with E-state index in [9.17, 15) is 0 Å². The normalized spacial score (nSPS) is 13.4. The molecule has 5 rings (SSSR count). The molecule has 142 valence electrons. The maximum Gasteiger partial charge on any atom is 0.0504 e. The molecule has 5 aromatic rings. The highest BCUT2D eigenvalue weighted by molar-refractivity contribution is 6.18. The fourth-order valence-electron chi connectivity index (χ4n) is 4.88. The van der Waals surface area contributed by atoms with Gasteiger partial charge in [-0.2, -0.15) is 0 Å². The third-order valence-electron chi connectivity index (χ3n) is 5.81. The fraction of sp³-hybridized carbons (Fsp3) is 0.308. The van der Waals surface area contributed by atoms with Crippen molar-refractivity contribution in [3.8, 4) is 0 Å². The lowest BCUT2D eigenvalue weighted by atomic mass is 10.1. The summed E-state index contributed by atoms with van der Waals surface area (Å²) in [5.41, 5.74) is 5.28. The van der Waals surface area contributed by atoms with Gasteiger partial charge in [-0.15, -0.1) is 0 Å². The first kappa shape index (κ1) is 17.4. The number of benzene rings is 3. The molecule has 0 aliphatic rings. The Bertz CT molecular complexity index is 1260. The highest BCUT2D eigenvalue weighted by atomic mass is 15.1. The molecule has 0 atom stereocenters. The number of hydrogen-bond donors (Lipinski definition) is 0. The minimum atomic E-state index is 0.0113. The zero-order valence-electron chi connectivity index (χ0n) is 17.7. The van der Waals surface area contributed by atoms with Gasteiger partial charge in [0.25, 0.3) is 0 Å². The molecular weight excluding hydrogens is 340 g/mol. The van der Waals surface area contributed by atoms with E-state index in [4.69, 9.17) is 0 Å². The summed E-state index contributed by atoms with van der Waals surface area (Å²) in [6.45, 7) is 13.8. The Balaban J connectivity index is 2.08. The van der Waals surface area contributed by atoms with Crippen LogP contribution < -0.4 is 0 Å². The zero-order valence-corrected chi connectivity index (χ0v) is 17.7. The van der Waals surface area contributed by atoms with Crippen molar-refractivity contribution in [2.24, 2.45) is 0 Å². The van der Waals surface area contributed by atoms with Gasteiger partial charge in [0.05, 0.1) is 11.0 Å². The van der Waals surface area contributed by atoms with E-state index < -0.39 is 0 Å². The first-order valence-electron chi connectivity index (χ1n) is 10.2. The average Bonchev–Trinajstić information content (AvgIpc) is 3.11. The maximum atomic E-state index is 2.50. The van der Waals surface area contributed by atoms with Gasteiger partial charge in [-0.3, -0.25) is 0 Å². The molecule has 0 N–H and O–H groups in total. The van der Waals surface area contributed by atoms with Gasteiger partial charge in [0.2, 0.25) is 0 Å².